The van der Waals surface area contributed by atoms with E-state index in [0.29, 0.717) is 16.5 Å². The topological polar surface area (TPSA) is 114 Å². The minimum absolute atomic E-state index is 0.152. The molecule has 31 heavy (non-hydrogen) atoms. The van der Waals surface area contributed by atoms with Crippen molar-refractivity contribution in [2.24, 2.45) is 0 Å². The van der Waals surface area contributed by atoms with Crippen molar-refractivity contribution in [1.82, 2.24) is 4.98 Å². The number of nitrogens with one attached hydrogen (secondary N) is 2. The quantitative estimate of drug-likeness (QED) is 0.293. The number of hydrogen-bond donors (Lipinski definition) is 2. The molecule has 0 bridgehead atoms. The van der Waals surface area contributed by atoms with Crippen LogP contribution in [-0.2, 0) is 4.79 Å². The number of aromatic nitrogens is 1. The van der Waals surface area contributed by atoms with Gasteiger partial charge in [0.1, 0.15) is 5.82 Å². The fourth-order valence-electron chi connectivity index (χ4n) is 2.52. The highest BCUT2D eigenvalue weighted by molar-refractivity contribution is 8.00. The molecule has 0 aliphatic rings. The van der Waals surface area contributed by atoms with Crippen LogP contribution in [0, 0.1) is 10.1 Å². The summed E-state index contributed by atoms with van der Waals surface area (Å²) in [6, 6.07) is 15.7. The summed E-state index contributed by atoms with van der Waals surface area (Å²) in [4.78, 5) is 39.8. The summed E-state index contributed by atoms with van der Waals surface area (Å²) >= 11 is 7.13. The first-order chi connectivity index (χ1) is 14.8. The molecule has 1 heterocycles. The Bertz CT molecular complexity index is 1110. The summed E-state index contributed by atoms with van der Waals surface area (Å²) in [6.45, 7) is 1.77. The van der Waals surface area contributed by atoms with Gasteiger partial charge in [0.2, 0.25) is 5.91 Å². The Balaban J connectivity index is 1.57. The van der Waals surface area contributed by atoms with Crippen molar-refractivity contribution in [2.45, 2.75) is 17.1 Å². The monoisotopic (exact) mass is 456 g/mol. The second kappa shape index (κ2) is 10.1. The summed E-state index contributed by atoms with van der Waals surface area (Å²) in [6.07, 6.45) is 1.45. The number of amides is 2. The minimum Gasteiger partial charge on any atom is -0.322 e. The second-order valence-corrected chi connectivity index (χ2v) is 8.25. The van der Waals surface area contributed by atoms with E-state index in [2.05, 4.69) is 15.6 Å². The molecule has 0 radical (unpaired) electrons. The van der Waals surface area contributed by atoms with Gasteiger partial charge >= 0.3 is 0 Å². The molecular weight excluding hydrogens is 440 g/mol. The molecule has 0 aliphatic heterocycles. The summed E-state index contributed by atoms with van der Waals surface area (Å²) in [7, 11) is 0. The van der Waals surface area contributed by atoms with Crippen LogP contribution in [-0.4, -0.2) is 27.0 Å². The number of nitrogens with zero attached hydrogens (tertiary/aromatic N) is 2. The number of benzene rings is 2. The van der Waals surface area contributed by atoms with E-state index in [4.69, 9.17) is 11.6 Å². The largest absolute Gasteiger partial charge is 0.322 e. The van der Waals surface area contributed by atoms with E-state index in [1.54, 1.807) is 43.3 Å². The maximum atomic E-state index is 12.3. The third-order valence-electron chi connectivity index (χ3n) is 4.09. The number of carbonyl (C=O) groups is 2. The van der Waals surface area contributed by atoms with Crippen LogP contribution in [0.5, 0.6) is 0 Å². The lowest BCUT2D eigenvalue weighted by molar-refractivity contribution is -0.384. The lowest BCUT2D eigenvalue weighted by Gasteiger charge is -2.12. The summed E-state index contributed by atoms with van der Waals surface area (Å²) < 4.78 is 0. The van der Waals surface area contributed by atoms with Crippen LogP contribution in [0.25, 0.3) is 0 Å². The number of thioether (sulfide) groups is 1. The molecule has 1 unspecified atom stereocenters. The van der Waals surface area contributed by atoms with Gasteiger partial charge in [-0.2, -0.15) is 0 Å². The molecule has 1 aromatic heterocycles. The molecule has 0 aliphatic carbocycles. The molecule has 0 fully saturated rings. The number of carbonyl (C=O) groups excluding carboxylic acids is 2. The van der Waals surface area contributed by atoms with Gasteiger partial charge in [-0.3, -0.25) is 19.7 Å². The van der Waals surface area contributed by atoms with Crippen molar-refractivity contribution in [3.8, 4) is 0 Å². The Morgan fingerprint density at radius 2 is 1.84 bits per heavy atom. The molecule has 2 amide bonds. The fourth-order valence-corrected chi connectivity index (χ4v) is 3.50. The highest BCUT2D eigenvalue weighted by atomic mass is 35.5. The molecule has 3 rings (SSSR count). The number of hydrogen-bond acceptors (Lipinski definition) is 6. The number of non-ortho nitro benzene ring substituents is 1. The van der Waals surface area contributed by atoms with Crippen LogP contribution >= 0.6 is 23.4 Å². The molecule has 0 spiro atoms. The van der Waals surface area contributed by atoms with Gasteiger partial charge in [-0.25, -0.2) is 4.98 Å². The number of rotatable bonds is 7. The van der Waals surface area contributed by atoms with Crippen molar-refractivity contribution in [1.29, 1.82) is 0 Å². The smallest absolute Gasteiger partial charge is 0.270 e. The number of anilines is 2. The van der Waals surface area contributed by atoms with Gasteiger partial charge in [-0.15, -0.1) is 11.8 Å². The van der Waals surface area contributed by atoms with E-state index < -0.39 is 10.8 Å². The summed E-state index contributed by atoms with van der Waals surface area (Å²) in [5, 5.41) is 16.4. The van der Waals surface area contributed by atoms with Gasteiger partial charge in [-0.1, -0.05) is 17.7 Å². The van der Waals surface area contributed by atoms with Crippen molar-refractivity contribution in [2.75, 3.05) is 10.6 Å². The van der Waals surface area contributed by atoms with Crippen molar-refractivity contribution in [3.63, 3.8) is 0 Å². The van der Waals surface area contributed by atoms with E-state index >= 15 is 0 Å². The van der Waals surface area contributed by atoms with Gasteiger partial charge in [0.25, 0.3) is 11.6 Å². The van der Waals surface area contributed by atoms with Crippen molar-refractivity contribution >= 4 is 52.4 Å². The first-order valence-electron chi connectivity index (χ1n) is 9.07. The third-order valence-corrected chi connectivity index (χ3v) is 5.43. The highest BCUT2D eigenvalue weighted by Gasteiger charge is 2.16. The van der Waals surface area contributed by atoms with E-state index in [1.807, 2.05) is 0 Å². The number of nitro benzene ring substituents is 1. The van der Waals surface area contributed by atoms with E-state index in [1.165, 1.54) is 42.2 Å². The highest BCUT2D eigenvalue weighted by Crippen LogP contribution is 2.26. The van der Waals surface area contributed by atoms with Crippen molar-refractivity contribution < 1.29 is 14.5 Å². The average Bonchev–Trinajstić information content (AvgIpc) is 2.76. The van der Waals surface area contributed by atoms with E-state index in [0.717, 1.165) is 4.90 Å². The third kappa shape index (κ3) is 6.27. The van der Waals surface area contributed by atoms with Gasteiger partial charge in [0, 0.05) is 34.5 Å². The zero-order valence-electron chi connectivity index (χ0n) is 16.2. The molecule has 2 aromatic carbocycles. The average molecular weight is 457 g/mol. The molecule has 0 saturated heterocycles. The maximum Gasteiger partial charge on any atom is 0.270 e. The lowest BCUT2D eigenvalue weighted by atomic mass is 10.2. The Morgan fingerprint density at radius 3 is 2.48 bits per heavy atom. The molecule has 158 valence electrons. The lowest BCUT2D eigenvalue weighted by Crippen LogP contribution is -2.22. The number of nitro groups is 1. The van der Waals surface area contributed by atoms with Crippen molar-refractivity contribution in [3.05, 3.63) is 87.6 Å². The maximum absolute atomic E-state index is 12.3. The Hall–Kier alpha value is -3.43. The van der Waals surface area contributed by atoms with Crippen LogP contribution in [0.15, 0.2) is 71.8 Å². The predicted molar refractivity (Wildman–Crippen MR) is 121 cm³/mol. The molecule has 8 nitrogen and oxygen atoms in total. The van der Waals surface area contributed by atoms with Crippen LogP contribution in [0.4, 0.5) is 17.2 Å². The zero-order valence-corrected chi connectivity index (χ0v) is 17.8. The number of pyridine rings is 1. The normalized spacial score (nSPS) is 11.4. The molecular formula is C21H17ClN4O4S. The molecule has 2 N–H and O–H groups in total. The molecule has 10 heteroatoms. The van der Waals surface area contributed by atoms with Gasteiger partial charge < -0.3 is 10.6 Å². The van der Waals surface area contributed by atoms with Gasteiger partial charge in [-0.05, 0) is 49.4 Å². The molecule has 1 atom stereocenters. The van der Waals surface area contributed by atoms with Crippen LogP contribution in [0.2, 0.25) is 5.02 Å². The Morgan fingerprint density at radius 1 is 1.10 bits per heavy atom. The predicted octanol–water partition coefficient (Wildman–Crippen LogP) is 5.01. The first-order valence-corrected chi connectivity index (χ1v) is 10.3. The second-order valence-electron chi connectivity index (χ2n) is 6.40. The van der Waals surface area contributed by atoms with Crippen LogP contribution < -0.4 is 10.6 Å². The standard InChI is InChI=1S/C21H17ClN4O4S/c1-13(20(27)25-19-10-5-15(22)12-23-19)31-18-8-6-16(7-9-18)24-21(28)14-3-2-4-17(11-14)26(29)30/h2-13H,1H3,(H,24,28)(H,23,25,27). The van der Waals surface area contributed by atoms with E-state index in [-0.39, 0.29) is 22.4 Å². The number of halogens is 1. The summed E-state index contributed by atoms with van der Waals surface area (Å²) in [5.41, 5.74) is 0.567. The van der Waals surface area contributed by atoms with Crippen LogP contribution in [0.3, 0.4) is 0 Å². The Labute approximate surface area is 187 Å². The Kier molecular flexibility index (Phi) is 7.22. The fraction of sp³-hybridized carbons (Fsp3) is 0.0952. The van der Waals surface area contributed by atoms with E-state index in [9.17, 15) is 19.7 Å². The molecule has 0 saturated carbocycles. The van der Waals surface area contributed by atoms with Gasteiger partial charge in [0.15, 0.2) is 0 Å². The SMILES string of the molecule is CC(Sc1ccc(NC(=O)c2cccc([N+](=O)[O-])c2)cc1)C(=O)Nc1ccc(Cl)cn1. The zero-order chi connectivity index (χ0) is 22.4. The molecule has 3 aromatic rings. The van der Waals surface area contributed by atoms with Gasteiger partial charge in [0.05, 0.1) is 15.2 Å². The minimum atomic E-state index is -0.552. The summed E-state index contributed by atoms with van der Waals surface area (Å²) in [5.74, 6) is -0.240. The first kappa shape index (κ1) is 22.3. The van der Waals surface area contributed by atoms with Crippen LogP contribution in [0.1, 0.15) is 17.3 Å².